The Kier molecular flexibility index (Phi) is 11.3. The highest BCUT2D eigenvalue weighted by Gasteiger charge is 2.16. The third-order valence-corrected chi connectivity index (χ3v) is 5.52. The number of hydrogen-bond donors (Lipinski definition) is 3. The van der Waals surface area contributed by atoms with E-state index in [1.54, 1.807) is 12.4 Å². The molecule has 1 aromatic heterocycles. The van der Waals surface area contributed by atoms with Gasteiger partial charge in [0.25, 0.3) is 0 Å². The summed E-state index contributed by atoms with van der Waals surface area (Å²) in [6.07, 6.45) is 6.36. The zero-order valence-corrected chi connectivity index (χ0v) is 19.7. The second-order valence-corrected chi connectivity index (χ2v) is 8.18. The Morgan fingerprint density at radius 1 is 1.09 bits per heavy atom. The molecule has 1 saturated heterocycles. The smallest absolute Gasteiger partial charge is 0.246 e. The molecule has 3 N–H and O–H groups in total. The summed E-state index contributed by atoms with van der Waals surface area (Å²) in [4.78, 5) is 25.1. The van der Waals surface area contributed by atoms with E-state index in [4.69, 9.17) is 15.0 Å². The van der Waals surface area contributed by atoms with E-state index < -0.39 is 0 Å². The van der Waals surface area contributed by atoms with Crippen molar-refractivity contribution in [2.24, 2.45) is 0 Å². The number of ether oxygens (including phenoxy) is 1. The zero-order valence-electron chi connectivity index (χ0n) is 19.7. The maximum absolute atomic E-state index is 12.9. The molecule has 0 unspecified atom stereocenters. The minimum absolute atomic E-state index is 0.00545. The Bertz CT molecular complexity index is 846. The lowest BCUT2D eigenvalue weighted by Gasteiger charge is -2.28. The molecule has 0 atom stereocenters. The molecule has 2 aromatic rings. The number of benzene rings is 1. The molecule has 34 heavy (non-hydrogen) atoms. The number of unbranched alkanes of at least 4 members (excludes halogenated alkanes) is 2. The quantitative estimate of drug-likeness (QED) is 0.180. The number of rotatable bonds is 13. The van der Waals surface area contributed by atoms with E-state index in [1.807, 2.05) is 42.5 Å². The lowest BCUT2D eigenvalue weighted by atomic mass is 10.1. The van der Waals surface area contributed by atoms with Crippen molar-refractivity contribution in [3.05, 3.63) is 60.4 Å². The van der Waals surface area contributed by atoms with Gasteiger partial charge in [0.2, 0.25) is 5.91 Å². The highest BCUT2D eigenvalue weighted by atomic mass is 16.7. The molecule has 0 aliphatic carbocycles. The predicted molar refractivity (Wildman–Crippen MR) is 132 cm³/mol. The van der Waals surface area contributed by atoms with Gasteiger partial charge < -0.3 is 15.4 Å². The first-order valence-electron chi connectivity index (χ1n) is 12.0. The van der Waals surface area contributed by atoms with E-state index in [1.165, 1.54) is 5.06 Å². The van der Waals surface area contributed by atoms with Gasteiger partial charge in [-0.25, -0.2) is 5.06 Å². The standard InChI is InChI=1S/C25H36N6O3/c26-25(29-23-10-13-27-14-11-23)28-12-6-2-5-9-24(32)31(21-22-7-3-1-4-8-22)34-20-17-30-15-18-33-19-16-30/h1,3-4,7-8,10-11,13-14H,2,5-6,9,12,15-21H2,(H3,26,27,28,29). The summed E-state index contributed by atoms with van der Waals surface area (Å²) in [5.41, 5.74) is 1.87. The van der Waals surface area contributed by atoms with Crippen molar-refractivity contribution < 1.29 is 14.4 Å². The normalized spacial score (nSPS) is 13.9. The van der Waals surface area contributed by atoms with Crippen LogP contribution in [0.3, 0.4) is 0 Å². The number of nitrogens with zero attached hydrogens (tertiary/aromatic N) is 3. The second kappa shape index (κ2) is 15.0. The van der Waals surface area contributed by atoms with Gasteiger partial charge in [0.1, 0.15) is 0 Å². The largest absolute Gasteiger partial charge is 0.379 e. The van der Waals surface area contributed by atoms with Gasteiger partial charge in [-0.05, 0) is 30.5 Å². The number of guanidine groups is 1. The molecule has 0 radical (unpaired) electrons. The first-order chi connectivity index (χ1) is 16.7. The topological polar surface area (TPSA) is 103 Å². The van der Waals surface area contributed by atoms with Crippen LogP contribution < -0.4 is 10.6 Å². The van der Waals surface area contributed by atoms with Crippen LogP contribution in [0.1, 0.15) is 31.2 Å². The number of aromatic nitrogens is 1. The van der Waals surface area contributed by atoms with Crippen molar-refractivity contribution in [1.82, 2.24) is 20.3 Å². The summed E-state index contributed by atoms with van der Waals surface area (Å²) < 4.78 is 5.39. The van der Waals surface area contributed by atoms with Crippen molar-refractivity contribution in [3.63, 3.8) is 0 Å². The first-order valence-corrected chi connectivity index (χ1v) is 12.0. The van der Waals surface area contributed by atoms with E-state index in [2.05, 4.69) is 20.5 Å². The second-order valence-electron chi connectivity index (χ2n) is 8.18. The fraction of sp³-hybridized carbons (Fsp3) is 0.480. The summed E-state index contributed by atoms with van der Waals surface area (Å²) in [6, 6.07) is 13.5. The average molecular weight is 469 g/mol. The molecule has 1 fully saturated rings. The highest BCUT2D eigenvalue weighted by Crippen LogP contribution is 2.10. The van der Waals surface area contributed by atoms with Gasteiger partial charge in [-0.1, -0.05) is 36.8 Å². The van der Waals surface area contributed by atoms with Crippen molar-refractivity contribution in [3.8, 4) is 0 Å². The molecular weight excluding hydrogens is 432 g/mol. The van der Waals surface area contributed by atoms with Crippen LogP contribution in [0.4, 0.5) is 5.69 Å². The van der Waals surface area contributed by atoms with Crippen molar-refractivity contribution in [2.75, 3.05) is 51.3 Å². The number of anilines is 1. The monoisotopic (exact) mass is 468 g/mol. The summed E-state index contributed by atoms with van der Waals surface area (Å²) in [5.74, 6) is 0.260. The highest BCUT2D eigenvalue weighted by molar-refractivity contribution is 5.90. The fourth-order valence-corrected chi connectivity index (χ4v) is 3.60. The average Bonchev–Trinajstić information content (AvgIpc) is 2.87. The van der Waals surface area contributed by atoms with Crippen LogP contribution in [0.15, 0.2) is 54.9 Å². The minimum Gasteiger partial charge on any atom is -0.379 e. The molecule has 1 aliphatic heterocycles. The summed E-state index contributed by atoms with van der Waals surface area (Å²) >= 11 is 0. The Hall–Kier alpha value is -3.01. The van der Waals surface area contributed by atoms with Crippen molar-refractivity contribution in [2.45, 2.75) is 32.2 Å². The van der Waals surface area contributed by atoms with Crippen LogP contribution in [0.5, 0.6) is 0 Å². The molecule has 9 heteroatoms. The molecule has 1 aromatic carbocycles. The van der Waals surface area contributed by atoms with Gasteiger partial charge in [0.15, 0.2) is 5.96 Å². The maximum atomic E-state index is 12.9. The van der Waals surface area contributed by atoms with Crippen LogP contribution in [0.25, 0.3) is 0 Å². The molecule has 1 amide bonds. The molecule has 9 nitrogen and oxygen atoms in total. The Morgan fingerprint density at radius 3 is 2.62 bits per heavy atom. The Morgan fingerprint density at radius 2 is 1.85 bits per heavy atom. The van der Waals surface area contributed by atoms with Gasteiger partial charge in [0.05, 0.1) is 26.4 Å². The molecular formula is C25H36N6O3. The third-order valence-electron chi connectivity index (χ3n) is 5.52. The van der Waals surface area contributed by atoms with Crippen LogP contribution in [0, 0.1) is 5.41 Å². The van der Waals surface area contributed by atoms with Gasteiger partial charge in [0, 0.05) is 50.7 Å². The van der Waals surface area contributed by atoms with E-state index in [9.17, 15) is 4.79 Å². The van der Waals surface area contributed by atoms with Gasteiger partial charge >= 0.3 is 0 Å². The SMILES string of the molecule is N=C(NCCCCCC(=O)N(Cc1ccccc1)OCCN1CCOCC1)Nc1ccncc1. The number of carbonyl (C=O) groups excluding carboxylic acids is 1. The van der Waals surface area contributed by atoms with Crippen molar-refractivity contribution >= 4 is 17.6 Å². The molecule has 184 valence electrons. The lowest BCUT2D eigenvalue weighted by Crippen LogP contribution is -2.40. The predicted octanol–water partition coefficient (Wildman–Crippen LogP) is 2.87. The molecule has 0 saturated carbocycles. The molecule has 2 heterocycles. The number of carbonyl (C=O) groups is 1. The van der Waals surface area contributed by atoms with Crippen LogP contribution in [-0.4, -0.2) is 72.8 Å². The number of hydrogen-bond acceptors (Lipinski definition) is 6. The Labute approximate surface area is 201 Å². The van der Waals surface area contributed by atoms with Crippen molar-refractivity contribution in [1.29, 1.82) is 5.41 Å². The van der Waals surface area contributed by atoms with E-state index in [-0.39, 0.29) is 11.9 Å². The number of amides is 1. The molecule has 1 aliphatic rings. The number of morpholine rings is 1. The summed E-state index contributed by atoms with van der Waals surface area (Å²) in [5, 5.41) is 15.5. The number of nitrogens with one attached hydrogen (secondary N) is 3. The Balaban J connectivity index is 1.34. The molecule has 3 rings (SSSR count). The zero-order chi connectivity index (χ0) is 23.8. The number of pyridine rings is 1. The first kappa shape index (κ1) is 25.6. The lowest BCUT2D eigenvalue weighted by molar-refractivity contribution is -0.192. The van der Waals surface area contributed by atoms with Gasteiger partial charge in [-0.3, -0.25) is 24.9 Å². The van der Waals surface area contributed by atoms with Gasteiger partial charge in [-0.15, -0.1) is 0 Å². The van der Waals surface area contributed by atoms with Gasteiger partial charge in [-0.2, -0.15) is 0 Å². The minimum atomic E-state index is 0.00545. The number of hydroxylamine groups is 2. The summed E-state index contributed by atoms with van der Waals surface area (Å²) in [7, 11) is 0. The van der Waals surface area contributed by atoms with E-state index >= 15 is 0 Å². The van der Waals surface area contributed by atoms with Crippen LogP contribution in [0.2, 0.25) is 0 Å². The van der Waals surface area contributed by atoms with E-state index in [0.717, 1.165) is 63.4 Å². The molecule has 0 bridgehead atoms. The van der Waals surface area contributed by atoms with Crippen LogP contribution in [-0.2, 0) is 20.9 Å². The maximum Gasteiger partial charge on any atom is 0.246 e. The summed E-state index contributed by atoms with van der Waals surface area (Å²) in [6.45, 7) is 5.69. The fourth-order valence-electron chi connectivity index (χ4n) is 3.60. The van der Waals surface area contributed by atoms with Crippen LogP contribution >= 0.6 is 0 Å². The van der Waals surface area contributed by atoms with E-state index in [0.29, 0.717) is 26.1 Å². The molecule has 0 spiro atoms. The third kappa shape index (κ3) is 9.86.